The van der Waals surface area contributed by atoms with Crippen LogP contribution in [0.25, 0.3) is 0 Å². The number of hydrogen-bond acceptors (Lipinski definition) is 2. The van der Waals surface area contributed by atoms with Gasteiger partial charge in [0.1, 0.15) is 0 Å². The van der Waals surface area contributed by atoms with Crippen molar-refractivity contribution in [3.8, 4) is 11.8 Å². The lowest BCUT2D eigenvalue weighted by Gasteiger charge is -2.07. The minimum atomic E-state index is -0.299. The van der Waals surface area contributed by atoms with E-state index in [4.69, 9.17) is 0 Å². The molecule has 3 aromatic carbocycles. The SMILES string of the molecule is O=C(CNC(=O)c1ccccc1)Nc1cccc(C#Cc2ccccc2)c1. The van der Waals surface area contributed by atoms with Crippen molar-refractivity contribution >= 4 is 17.5 Å². The van der Waals surface area contributed by atoms with Gasteiger partial charge in [-0.3, -0.25) is 9.59 Å². The average Bonchev–Trinajstić information content (AvgIpc) is 2.72. The summed E-state index contributed by atoms with van der Waals surface area (Å²) < 4.78 is 0. The molecule has 0 fully saturated rings. The Labute approximate surface area is 158 Å². The fourth-order valence-electron chi connectivity index (χ4n) is 2.40. The Kier molecular flexibility index (Phi) is 6.00. The Morgan fingerprint density at radius 2 is 1.37 bits per heavy atom. The largest absolute Gasteiger partial charge is 0.343 e. The van der Waals surface area contributed by atoms with Crippen molar-refractivity contribution in [2.45, 2.75) is 0 Å². The van der Waals surface area contributed by atoms with Crippen LogP contribution in [0.2, 0.25) is 0 Å². The highest BCUT2D eigenvalue weighted by Gasteiger charge is 2.07. The van der Waals surface area contributed by atoms with Gasteiger partial charge in [0.2, 0.25) is 5.91 Å². The summed E-state index contributed by atoms with van der Waals surface area (Å²) in [6, 6.07) is 25.7. The molecule has 0 bridgehead atoms. The lowest BCUT2D eigenvalue weighted by molar-refractivity contribution is -0.115. The van der Waals surface area contributed by atoms with Crippen LogP contribution in [0, 0.1) is 11.8 Å². The zero-order valence-corrected chi connectivity index (χ0v) is 14.6. The van der Waals surface area contributed by atoms with E-state index < -0.39 is 0 Å². The van der Waals surface area contributed by atoms with Gasteiger partial charge in [-0.1, -0.05) is 54.3 Å². The van der Waals surface area contributed by atoms with Crippen molar-refractivity contribution in [1.82, 2.24) is 5.32 Å². The van der Waals surface area contributed by atoms with Gasteiger partial charge in [-0.25, -0.2) is 0 Å². The predicted octanol–water partition coefficient (Wildman–Crippen LogP) is 3.45. The first-order chi connectivity index (χ1) is 13.2. The predicted molar refractivity (Wildman–Crippen MR) is 106 cm³/mol. The summed E-state index contributed by atoms with van der Waals surface area (Å²) in [6.45, 7) is -0.104. The number of amides is 2. The Morgan fingerprint density at radius 3 is 2.11 bits per heavy atom. The van der Waals surface area contributed by atoms with E-state index >= 15 is 0 Å². The smallest absolute Gasteiger partial charge is 0.251 e. The van der Waals surface area contributed by atoms with E-state index in [1.165, 1.54) is 0 Å². The van der Waals surface area contributed by atoms with Crippen molar-refractivity contribution in [3.63, 3.8) is 0 Å². The molecular weight excluding hydrogens is 336 g/mol. The summed E-state index contributed by atoms with van der Waals surface area (Å²) in [4.78, 5) is 24.0. The van der Waals surface area contributed by atoms with Crippen LogP contribution in [-0.2, 0) is 4.79 Å². The van der Waals surface area contributed by atoms with Crippen LogP contribution in [-0.4, -0.2) is 18.4 Å². The first-order valence-corrected chi connectivity index (χ1v) is 8.51. The molecule has 3 aromatic rings. The lowest BCUT2D eigenvalue weighted by Crippen LogP contribution is -2.32. The van der Waals surface area contributed by atoms with Crippen LogP contribution < -0.4 is 10.6 Å². The van der Waals surface area contributed by atoms with Crippen LogP contribution in [0.15, 0.2) is 84.9 Å². The molecule has 0 unspecified atom stereocenters. The van der Waals surface area contributed by atoms with Gasteiger partial charge in [0.25, 0.3) is 5.91 Å². The maximum atomic E-state index is 12.1. The monoisotopic (exact) mass is 354 g/mol. The second-order valence-electron chi connectivity index (χ2n) is 5.79. The molecule has 0 aliphatic carbocycles. The zero-order valence-electron chi connectivity index (χ0n) is 14.6. The molecule has 4 heteroatoms. The molecule has 0 spiro atoms. The highest BCUT2D eigenvalue weighted by atomic mass is 16.2. The molecule has 27 heavy (non-hydrogen) atoms. The first kappa shape index (κ1) is 18.0. The van der Waals surface area contributed by atoms with Gasteiger partial charge in [0.15, 0.2) is 0 Å². The summed E-state index contributed by atoms with van der Waals surface area (Å²) >= 11 is 0. The third kappa shape index (κ3) is 5.58. The fraction of sp³-hybridized carbons (Fsp3) is 0.0435. The molecule has 0 heterocycles. The van der Waals surface area contributed by atoms with Gasteiger partial charge in [0.05, 0.1) is 6.54 Å². The van der Waals surface area contributed by atoms with E-state index in [2.05, 4.69) is 22.5 Å². The average molecular weight is 354 g/mol. The van der Waals surface area contributed by atoms with Crippen LogP contribution in [0.1, 0.15) is 21.5 Å². The zero-order chi connectivity index (χ0) is 18.9. The molecule has 0 saturated heterocycles. The molecule has 0 saturated carbocycles. The van der Waals surface area contributed by atoms with E-state index in [0.717, 1.165) is 11.1 Å². The topological polar surface area (TPSA) is 58.2 Å². The highest BCUT2D eigenvalue weighted by Crippen LogP contribution is 2.10. The van der Waals surface area contributed by atoms with Gasteiger partial charge < -0.3 is 10.6 Å². The molecule has 4 nitrogen and oxygen atoms in total. The van der Waals surface area contributed by atoms with Gasteiger partial charge in [-0.05, 0) is 42.5 Å². The van der Waals surface area contributed by atoms with Crippen molar-refractivity contribution < 1.29 is 9.59 Å². The normalized spacial score (nSPS) is 9.63. The number of carbonyl (C=O) groups excluding carboxylic acids is 2. The summed E-state index contributed by atoms with van der Waals surface area (Å²) in [6.07, 6.45) is 0. The maximum Gasteiger partial charge on any atom is 0.251 e. The van der Waals surface area contributed by atoms with Crippen molar-refractivity contribution in [2.75, 3.05) is 11.9 Å². The Bertz CT molecular complexity index is 987. The van der Waals surface area contributed by atoms with E-state index in [0.29, 0.717) is 11.3 Å². The molecule has 0 aromatic heterocycles. The molecule has 0 aliphatic rings. The summed E-state index contributed by atoms with van der Waals surface area (Å²) in [5, 5.41) is 5.37. The molecule has 0 atom stereocenters. The standard InChI is InChI=1S/C23H18N2O2/c26-22(17-24-23(27)20-11-5-2-6-12-20)25-21-13-7-10-19(16-21)15-14-18-8-3-1-4-9-18/h1-13,16H,17H2,(H,24,27)(H,25,26). The van der Waals surface area contributed by atoms with Crippen molar-refractivity contribution in [1.29, 1.82) is 0 Å². The van der Waals surface area contributed by atoms with Gasteiger partial charge in [-0.2, -0.15) is 0 Å². The number of rotatable bonds is 4. The van der Waals surface area contributed by atoms with Crippen LogP contribution in [0.4, 0.5) is 5.69 Å². The summed E-state index contributed by atoms with van der Waals surface area (Å²) in [5.41, 5.74) is 2.87. The third-order valence-electron chi connectivity index (χ3n) is 3.72. The molecule has 0 aliphatic heterocycles. The molecule has 3 rings (SSSR count). The summed E-state index contributed by atoms with van der Waals surface area (Å²) in [5.74, 6) is 5.57. The number of hydrogen-bond donors (Lipinski definition) is 2. The van der Waals surface area contributed by atoms with Gasteiger partial charge >= 0.3 is 0 Å². The molecular formula is C23H18N2O2. The molecule has 2 amide bonds. The highest BCUT2D eigenvalue weighted by molar-refractivity contribution is 5.99. The third-order valence-corrected chi connectivity index (χ3v) is 3.72. The van der Waals surface area contributed by atoms with E-state index in [1.54, 1.807) is 36.4 Å². The molecule has 2 N–H and O–H groups in total. The lowest BCUT2D eigenvalue weighted by atomic mass is 10.1. The second kappa shape index (κ2) is 9.02. The van der Waals surface area contributed by atoms with E-state index in [-0.39, 0.29) is 18.4 Å². The van der Waals surface area contributed by atoms with Gasteiger partial charge in [0, 0.05) is 22.4 Å². The molecule has 132 valence electrons. The number of nitrogens with one attached hydrogen (secondary N) is 2. The maximum absolute atomic E-state index is 12.1. The fourth-order valence-corrected chi connectivity index (χ4v) is 2.40. The van der Waals surface area contributed by atoms with Crippen LogP contribution in [0.5, 0.6) is 0 Å². The Balaban J connectivity index is 1.57. The quantitative estimate of drug-likeness (QED) is 0.705. The second-order valence-corrected chi connectivity index (χ2v) is 5.79. The van der Waals surface area contributed by atoms with Crippen LogP contribution in [0.3, 0.4) is 0 Å². The van der Waals surface area contributed by atoms with Gasteiger partial charge in [-0.15, -0.1) is 0 Å². The van der Waals surface area contributed by atoms with E-state index in [9.17, 15) is 9.59 Å². The minimum absolute atomic E-state index is 0.104. The number of anilines is 1. The first-order valence-electron chi connectivity index (χ1n) is 8.51. The van der Waals surface area contributed by atoms with Crippen molar-refractivity contribution in [3.05, 3.63) is 102 Å². The number of carbonyl (C=O) groups is 2. The minimum Gasteiger partial charge on any atom is -0.343 e. The number of benzene rings is 3. The van der Waals surface area contributed by atoms with E-state index in [1.807, 2.05) is 48.5 Å². The summed E-state index contributed by atoms with van der Waals surface area (Å²) in [7, 11) is 0. The Hall–Kier alpha value is -3.84. The molecule has 0 radical (unpaired) electrons. The van der Waals surface area contributed by atoms with Crippen LogP contribution >= 0.6 is 0 Å². The Morgan fingerprint density at radius 1 is 0.741 bits per heavy atom. The van der Waals surface area contributed by atoms with Crippen molar-refractivity contribution in [2.24, 2.45) is 0 Å².